The van der Waals surface area contributed by atoms with Crippen molar-refractivity contribution < 1.29 is 13.2 Å². The van der Waals surface area contributed by atoms with Crippen LogP contribution in [0.2, 0.25) is 0 Å². The van der Waals surface area contributed by atoms with E-state index in [1.54, 1.807) is 13.0 Å². The lowest BCUT2D eigenvalue weighted by atomic mass is 10.2. The van der Waals surface area contributed by atoms with Gasteiger partial charge in [-0.25, -0.2) is 9.37 Å². The van der Waals surface area contributed by atoms with Gasteiger partial charge in [-0.3, -0.25) is 4.57 Å². The normalized spacial score (nSPS) is 10.9. The molecule has 0 fully saturated rings. The number of alkyl halides is 2. The second-order valence-corrected chi connectivity index (χ2v) is 3.90. The van der Waals surface area contributed by atoms with Gasteiger partial charge >= 0.3 is 6.55 Å². The Labute approximate surface area is 102 Å². The summed E-state index contributed by atoms with van der Waals surface area (Å²) >= 11 is 0. The zero-order valence-electron chi connectivity index (χ0n) is 9.70. The number of nitrogens with zero attached hydrogens (tertiary/aromatic N) is 2. The Bertz CT molecular complexity index is 517. The molecule has 0 bridgehead atoms. The van der Waals surface area contributed by atoms with Crippen molar-refractivity contribution in [2.45, 2.75) is 20.0 Å². The van der Waals surface area contributed by atoms with Gasteiger partial charge in [0.1, 0.15) is 11.6 Å². The van der Waals surface area contributed by atoms with Gasteiger partial charge in [0, 0.05) is 18.1 Å². The van der Waals surface area contributed by atoms with Crippen molar-refractivity contribution in [3.63, 3.8) is 0 Å². The molecule has 0 atom stereocenters. The van der Waals surface area contributed by atoms with E-state index >= 15 is 0 Å². The maximum Gasteiger partial charge on any atom is 0.319 e. The molecule has 1 N–H and O–H groups in total. The van der Waals surface area contributed by atoms with E-state index < -0.39 is 6.55 Å². The maximum atomic E-state index is 13.1. The Kier molecular flexibility index (Phi) is 3.55. The molecule has 0 aliphatic heterocycles. The van der Waals surface area contributed by atoms with Gasteiger partial charge in [0.05, 0.1) is 6.54 Å². The predicted octanol–water partition coefficient (Wildman–Crippen LogP) is 3.34. The summed E-state index contributed by atoms with van der Waals surface area (Å²) in [6.07, 6.45) is 2.51. The van der Waals surface area contributed by atoms with Crippen LogP contribution in [0, 0.1) is 12.7 Å². The lowest BCUT2D eigenvalue weighted by Gasteiger charge is -2.09. The maximum absolute atomic E-state index is 13.1. The van der Waals surface area contributed by atoms with E-state index in [-0.39, 0.29) is 18.2 Å². The number of nitrogens with one attached hydrogen (secondary N) is 1. The number of hydrogen-bond donors (Lipinski definition) is 1. The summed E-state index contributed by atoms with van der Waals surface area (Å²) in [5, 5.41) is 2.87. The number of aryl methyl sites for hydroxylation is 1. The molecular weight excluding hydrogens is 243 g/mol. The van der Waals surface area contributed by atoms with Crippen molar-refractivity contribution in [1.82, 2.24) is 9.55 Å². The molecule has 1 aromatic heterocycles. The van der Waals surface area contributed by atoms with Gasteiger partial charge in [-0.2, -0.15) is 8.78 Å². The average Bonchev–Trinajstić information content (AvgIpc) is 2.73. The SMILES string of the molecule is Cc1cc(F)cc(NCc2nccn2C(F)F)c1. The number of benzene rings is 1. The lowest BCUT2D eigenvalue weighted by Crippen LogP contribution is -2.09. The Morgan fingerprint density at radius 2 is 2.11 bits per heavy atom. The number of hydrogen-bond acceptors (Lipinski definition) is 2. The first-order valence-corrected chi connectivity index (χ1v) is 5.37. The van der Waals surface area contributed by atoms with E-state index in [1.807, 2.05) is 0 Å². The van der Waals surface area contributed by atoms with Crippen molar-refractivity contribution in [2.75, 3.05) is 5.32 Å². The summed E-state index contributed by atoms with van der Waals surface area (Å²) in [7, 11) is 0. The van der Waals surface area contributed by atoms with E-state index in [0.717, 1.165) is 10.1 Å². The molecule has 3 nitrogen and oxygen atoms in total. The fraction of sp³-hybridized carbons (Fsp3) is 0.250. The Hall–Kier alpha value is -1.98. The Morgan fingerprint density at radius 3 is 2.78 bits per heavy atom. The topological polar surface area (TPSA) is 29.9 Å². The van der Waals surface area contributed by atoms with Gasteiger partial charge in [-0.1, -0.05) is 0 Å². The van der Waals surface area contributed by atoms with Gasteiger partial charge in [0.25, 0.3) is 0 Å². The highest BCUT2D eigenvalue weighted by Gasteiger charge is 2.10. The molecule has 0 aliphatic carbocycles. The molecule has 1 heterocycles. The lowest BCUT2D eigenvalue weighted by molar-refractivity contribution is 0.0673. The molecule has 0 radical (unpaired) electrons. The van der Waals surface area contributed by atoms with Crippen molar-refractivity contribution in [2.24, 2.45) is 0 Å². The molecule has 0 saturated heterocycles. The number of aromatic nitrogens is 2. The zero-order chi connectivity index (χ0) is 13.1. The molecule has 0 spiro atoms. The molecule has 2 rings (SSSR count). The fourth-order valence-corrected chi connectivity index (χ4v) is 1.68. The van der Waals surface area contributed by atoms with Crippen LogP contribution in [0.5, 0.6) is 0 Å². The minimum atomic E-state index is -2.63. The first-order chi connectivity index (χ1) is 8.56. The number of imidazole rings is 1. The summed E-state index contributed by atoms with van der Waals surface area (Å²) in [6, 6.07) is 4.44. The van der Waals surface area contributed by atoms with Crippen LogP contribution in [0.1, 0.15) is 17.9 Å². The minimum absolute atomic E-state index is 0.111. The highest BCUT2D eigenvalue weighted by molar-refractivity contribution is 5.46. The van der Waals surface area contributed by atoms with Crippen molar-refractivity contribution in [1.29, 1.82) is 0 Å². The van der Waals surface area contributed by atoms with Gasteiger partial charge in [-0.15, -0.1) is 0 Å². The zero-order valence-corrected chi connectivity index (χ0v) is 9.70. The molecule has 1 aromatic carbocycles. The van der Waals surface area contributed by atoms with Crippen LogP contribution in [0.3, 0.4) is 0 Å². The molecule has 18 heavy (non-hydrogen) atoms. The van der Waals surface area contributed by atoms with Gasteiger partial charge in [0.2, 0.25) is 0 Å². The van der Waals surface area contributed by atoms with Crippen LogP contribution in [0.25, 0.3) is 0 Å². The molecule has 0 amide bonds. The summed E-state index contributed by atoms with van der Waals surface area (Å²) in [6.45, 7) is -0.757. The average molecular weight is 255 g/mol. The van der Waals surface area contributed by atoms with Crippen molar-refractivity contribution >= 4 is 5.69 Å². The summed E-state index contributed by atoms with van der Waals surface area (Å²) < 4.78 is 39.0. The number of anilines is 1. The summed E-state index contributed by atoms with van der Waals surface area (Å²) in [5.41, 5.74) is 1.30. The highest BCUT2D eigenvalue weighted by atomic mass is 19.3. The smallest absolute Gasteiger partial charge is 0.319 e. The Balaban J connectivity index is 2.09. The quantitative estimate of drug-likeness (QED) is 0.908. The van der Waals surface area contributed by atoms with Crippen LogP contribution in [0.4, 0.5) is 18.9 Å². The van der Waals surface area contributed by atoms with Crippen LogP contribution < -0.4 is 5.32 Å². The standard InChI is InChI=1S/C12H12F3N3/c1-8-4-9(13)6-10(5-8)17-7-11-16-2-3-18(11)12(14)15/h2-6,12,17H,7H2,1H3. The summed E-state index contributed by atoms with van der Waals surface area (Å²) in [4.78, 5) is 3.82. The van der Waals surface area contributed by atoms with E-state index in [4.69, 9.17) is 0 Å². The first-order valence-electron chi connectivity index (χ1n) is 5.37. The monoisotopic (exact) mass is 255 g/mol. The van der Waals surface area contributed by atoms with Gasteiger partial charge in [-0.05, 0) is 30.7 Å². The van der Waals surface area contributed by atoms with Gasteiger partial charge < -0.3 is 5.32 Å². The van der Waals surface area contributed by atoms with Crippen molar-refractivity contribution in [3.05, 3.63) is 47.8 Å². The molecular formula is C12H12F3N3. The fourth-order valence-electron chi connectivity index (χ4n) is 1.68. The largest absolute Gasteiger partial charge is 0.378 e. The van der Waals surface area contributed by atoms with Crippen LogP contribution in [0.15, 0.2) is 30.6 Å². The third-order valence-corrected chi connectivity index (χ3v) is 2.45. The van der Waals surface area contributed by atoms with E-state index in [0.29, 0.717) is 5.69 Å². The van der Waals surface area contributed by atoms with E-state index in [1.165, 1.54) is 24.5 Å². The first kappa shape index (κ1) is 12.5. The van der Waals surface area contributed by atoms with Crippen molar-refractivity contribution in [3.8, 4) is 0 Å². The molecule has 96 valence electrons. The second kappa shape index (κ2) is 5.12. The summed E-state index contributed by atoms with van der Waals surface area (Å²) in [5.74, 6) is -0.165. The second-order valence-electron chi connectivity index (χ2n) is 3.90. The number of rotatable bonds is 4. The molecule has 2 aromatic rings. The molecule has 0 unspecified atom stereocenters. The van der Waals surface area contributed by atoms with Gasteiger partial charge in [0.15, 0.2) is 0 Å². The molecule has 0 saturated carbocycles. The molecule has 0 aliphatic rings. The minimum Gasteiger partial charge on any atom is -0.378 e. The van der Waals surface area contributed by atoms with E-state index in [2.05, 4.69) is 10.3 Å². The highest BCUT2D eigenvalue weighted by Crippen LogP contribution is 2.16. The van der Waals surface area contributed by atoms with Crippen LogP contribution in [-0.4, -0.2) is 9.55 Å². The van der Waals surface area contributed by atoms with Crippen LogP contribution >= 0.6 is 0 Å². The number of halogens is 3. The van der Waals surface area contributed by atoms with Crippen LogP contribution in [-0.2, 0) is 6.54 Å². The van der Waals surface area contributed by atoms with E-state index in [9.17, 15) is 13.2 Å². The Morgan fingerprint density at radius 1 is 1.33 bits per heavy atom. The third-order valence-electron chi connectivity index (χ3n) is 2.45. The molecule has 6 heteroatoms. The predicted molar refractivity (Wildman–Crippen MR) is 61.9 cm³/mol. The third kappa shape index (κ3) is 2.82.